The minimum atomic E-state index is -0.321. The maximum absolute atomic E-state index is 12.4. The Labute approximate surface area is 179 Å². The summed E-state index contributed by atoms with van der Waals surface area (Å²) < 4.78 is 5.33. The summed E-state index contributed by atoms with van der Waals surface area (Å²) in [6.07, 6.45) is 1.22. The normalized spacial score (nSPS) is 17.6. The first kappa shape index (κ1) is 20.0. The second-order valence-electron chi connectivity index (χ2n) is 7.26. The summed E-state index contributed by atoms with van der Waals surface area (Å²) in [5.74, 6) is -0.0665. The molecule has 2 heterocycles. The molecule has 2 amide bonds. The molecule has 2 aliphatic rings. The molecular weight excluding hydrogens is 413 g/mol. The number of carbonyl (C=O) groups is 2. The number of nitrogens with one attached hydrogen (secondary N) is 1. The third-order valence-corrected chi connectivity index (χ3v) is 5.75. The molecule has 1 fully saturated rings. The molecule has 2 aromatic rings. The highest BCUT2D eigenvalue weighted by Gasteiger charge is 2.34. The number of hydrogen-bond acceptors (Lipinski definition) is 4. The van der Waals surface area contributed by atoms with Crippen LogP contribution >= 0.6 is 23.2 Å². The average Bonchev–Trinajstić information content (AvgIpc) is 2.71. The van der Waals surface area contributed by atoms with Crippen LogP contribution in [0.2, 0.25) is 10.0 Å². The van der Waals surface area contributed by atoms with Crippen molar-refractivity contribution >= 4 is 46.6 Å². The fourth-order valence-corrected chi connectivity index (χ4v) is 4.15. The first-order valence-corrected chi connectivity index (χ1v) is 10.3. The Morgan fingerprint density at radius 3 is 2.48 bits per heavy atom. The molecule has 2 aliphatic heterocycles. The van der Waals surface area contributed by atoms with E-state index in [1.807, 2.05) is 12.1 Å². The van der Waals surface area contributed by atoms with Crippen LogP contribution in [0.1, 0.15) is 18.4 Å². The van der Waals surface area contributed by atoms with Crippen LogP contribution in [-0.2, 0) is 16.1 Å². The van der Waals surface area contributed by atoms with Gasteiger partial charge in [0.15, 0.2) is 0 Å². The number of cyclic esters (lactones) is 1. The Bertz CT molecular complexity index is 912. The highest BCUT2D eigenvalue weighted by Crippen LogP contribution is 2.33. The number of likely N-dealkylation sites (tertiary alicyclic amines) is 1. The predicted octanol–water partition coefficient (Wildman–Crippen LogP) is 4.55. The average molecular weight is 434 g/mol. The molecule has 0 spiro atoms. The predicted molar refractivity (Wildman–Crippen MR) is 114 cm³/mol. The van der Waals surface area contributed by atoms with Crippen molar-refractivity contribution in [3.05, 3.63) is 58.1 Å². The van der Waals surface area contributed by atoms with Crippen molar-refractivity contribution in [1.29, 1.82) is 0 Å². The van der Waals surface area contributed by atoms with Crippen LogP contribution in [0.4, 0.5) is 16.2 Å². The molecule has 6 nitrogen and oxygen atoms in total. The first-order chi connectivity index (χ1) is 14.0. The number of ether oxygens (including phenoxy) is 1. The van der Waals surface area contributed by atoms with Gasteiger partial charge in [0, 0.05) is 40.4 Å². The van der Waals surface area contributed by atoms with Gasteiger partial charge in [-0.15, -0.1) is 0 Å². The Morgan fingerprint density at radius 2 is 1.76 bits per heavy atom. The zero-order chi connectivity index (χ0) is 20.4. The van der Waals surface area contributed by atoms with Crippen molar-refractivity contribution < 1.29 is 14.3 Å². The maximum atomic E-state index is 12.4. The summed E-state index contributed by atoms with van der Waals surface area (Å²) >= 11 is 11.9. The number of carbonyl (C=O) groups excluding carboxylic acids is 2. The monoisotopic (exact) mass is 433 g/mol. The Hall–Kier alpha value is -2.28. The van der Waals surface area contributed by atoms with Crippen LogP contribution in [0.25, 0.3) is 0 Å². The molecule has 0 unspecified atom stereocenters. The van der Waals surface area contributed by atoms with Crippen LogP contribution in [0, 0.1) is 0 Å². The molecule has 4 rings (SSSR count). The Balaban J connectivity index is 1.34. The maximum Gasteiger partial charge on any atom is 0.414 e. The fourth-order valence-electron chi connectivity index (χ4n) is 3.83. The number of hydrogen-bond donors (Lipinski definition) is 1. The molecule has 0 atom stereocenters. The topological polar surface area (TPSA) is 61.9 Å². The quantitative estimate of drug-likeness (QED) is 0.767. The van der Waals surface area contributed by atoms with E-state index in [0.29, 0.717) is 16.6 Å². The molecule has 152 valence electrons. The van der Waals surface area contributed by atoms with Crippen molar-refractivity contribution in [2.75, 3.05) is 29.9 Å². The van der Waals surface area contributed by atoms with E-state index in [1.165, 1.54) is 0 Å². The van der Waals surface area contributed by atoms with Gasteiger partial charge in [-0.1, -0.05) is 23.2 Å². The molecule has 1 N–H and O–H groups in total. The summed E-state index contributed by atoms with van der Waals surface area (Å²) in [4.78, 5) is 28.6. The molecule has 0 aromatic heterocycles. The summed E-state index contributed by atoms with van der Waals surface area (Å²) in [5.41, 5.74) is 2.51. The van der Waals surface area contributed by atoms with Crippen LogP contribution in [0.15, 0.2) is 42.5 Å². The molecule has 0 aliphatic carbocycles. The van der Waals surface area contributed by atoms with E-state index in [2.05, 4.69) is 10.2 Å². The van der Waals surface area contributed by atoms with Crippen molar-refractivity contribution in [3.63, 3.8) is 0 Å². The van der Waals surface area contributed by atoms with Gasteiger partial charge in [-0.3, -0.25) is 14.6 Å². The SMILES string of the molecule is O=C(CN1CCC(N2C(=O)OCc3cc(Cl)ccc32)CC1)Nc1ccc(Cl)cc1. The first-order valence-electron chi connectivity index (χ1n) is 9.52. The number of fused-ring (bicyclic) bond motifs is 1. The number of amides is 2. The summed E-state index contributed by atoms with van der Waals surface area (Å²) in [5, 5.41) is 4.14. The van der Waals surface area contributed by atoms with Crippen LogP contribution in [0.5, 0.6) is 0 Å². The van der Waals surface area contributed by atoms with Gasteiger partial charge < -0.3 is 10.1 Å². The van der Waals surface area contributed by atoms with Crippen LogP contribution in [0.3, 0.4) is 0 Å². The van der Waals surface area contributed by atoms with E-state index in [4.69, 9.17) is 27.9 Å². The molecule has 0 bridgehead atoms. The molecule has 1 saturated heterocycles. The van der Waals surface area contributed by atoms with Gasteiger partial charge in [0.2, 0.25) is 5.91 Å². The molecular formula is C21H21Cl2N3O3. The molecule has 8 heteroatoms. The zero-order valence-electron chi connectivity index (χ0n) is 15.7. The molecule has 0 radical (unpaired) electrons. The van der Waals surface area contributed by atoms with Gasteiger partial charge >= 0.3 is 6.09 Å². The molecule has 0 saturated carbocycles. The van der Waals surface area contributed by atoms with E-state index >= 15 is 0 Å². The largest absolute Gasteiger partial charge is 0.444 e. The summed E-state index contributed by atoms with van der Waals surface area (Å²) in [6.45, 7) is 2.01. The zero-order valence-corrected chi connectivity index (χ0v) is 17.2. The van der Waals surface area contributed by atoms with Gasteiger partial charge in [-0.05, 0) is 55.3 Å². The minimum Gasteiger partial charge on any atom is -0.444 e. The number of nitrogens with zero attached hydrogens (tertiary/aromatic N) is 2. The van der Waals surface area contributed by atoms with Gasteiger partial charge in [-0.2, -0.15) is 0 Å². The molecule has 2 aromatic carbocycles. The number of anilines is 2. The van der Waals surface area contributed by atoms with Crippen molar-refractivity contribution in [1.82, 2.24) is 4.90 Å². The highest BCUT2D eigenvalue weighted by molar-refractivity contribution is 6.31. The number of halogens is 2. The Morgan fingerprint density at radius 1 is 1.07 bits per heavy atom. The lowest BCUT2D eigenvalue weighted by Gasteiger charge is -2.40. The second kappa shape index (κ2) is 8.61. The van der Waals surface area contributed by atoms with Gasteiger partial charge in [-0.25, -0.2) is 4.79 Å². The summed E-state index contributed by atoms with van der Waals surface area (Å²) in [7, 11) is 0. The van der Waals surface area contributed by atoms with Crippen molar-refractivity contribution in [2.24, 2.45) is 0 Å². The number of piperidine rings is 1. The van der Waals surface area contributed by atoms with E-state index in [-0.39, 0.29) is 24.6 Å². The molecule has 29 heavy (non-hydrogen) atoms. The van der Waals surface area contributed by atoms with Crippen molar-refractivity contribution in [2.45, 2.75) is 25.5 Å². The third-order valence-electron chi connectivity index (χ3n) is 5.27. The van der Waals surface area contributed by atoms with Gasteiger partial charge in [0.25, 0.3) is 0 Å². The Kier molecular flexibility index (Phi) is 5.94. The lowest BCUT2D eigenvalue weighted by atomic mass is 10.0. The van der Waals surface area contributed by atoms with E-state index in [1.54, 1.807) is 35.2 Å². The van der Waals surface area contributed by atoms with E-state index in [0.717, 1.165) is 42.9 Å². The smallest absolute Gasteiger partial charge is 0.414 e. The minimum absolute atomic E-state index is 0.0401. The second-order valence-corrected chi connectivity index (χ2v) is 8.13. The van der Waals surface area contributed by atoms with Crippen molar-refractivity contribution in [3.8, 4) is 0 Å². The standard InChI is InChI=1S/C21H21Cl2N3O3/c22-15-1-4-17(5-2-15)24-20(27)12-25-9-7-18(8-10-25)26-19-6-3-16(23)11-14(19)13-29-21(26)28/h1-6,11,18H,7-10,12-13H2,(H,24,27). The van der Waals surface area contributed by atoms with Gasteiger partial charge in [0.1, 0.15) is 6.61 Å². The highest BCUT2D eigenvalue weighted by atomic mass is 35.5. The van der Waals surface area contributed by atoms with Crippen LogP contribution in [-0.4, -0.2) is 42.6 Å². The van der Waals surface area contributed by atoms with E-state index < -0.39 is 0 Å². The number of rotatable bonds is 4. The lowest BCUT2D eigenvalue weighted by Crippen LogP contribution is -2.50. The lowest BCUT2D eigenvalue weighted by molar-refractivity contribution is -0.117. The van der Waals surface area contributed by atoms with Crippen LogP contribution < -0.4 is 10.2 Å². The number of benzene rings is 2. The van der Waals surface area contributed by atoms with Gasteiger partial charge in [0.05, 0.1) is 12.2 Å². The summed E-state index contributed by atoms with van der Waals surface area (Å²) in [6, 6.07) is 12.6. The fraction of sp³-hybridized carbons (Fsp3) is 0.333. The third kappa shape index (κ3) is 4.66. The van der Waals surface area contributed by atoms with E-state index in [9.17, 15) is 9.59 Å².